The first-order chi connectivity index (χ1) is 13.7. The Bertz CT molecular complexity index is 1010. The van der Waals surface area contributed by atoms with Crippen LogP contribution < -0.4 is 4.74 Å². The monoisotopic (exact) mass is 371 g/mol. The van der Waals surface area contributed by atoms with Gasteiger partial charge in [-0.2, -0.15) is 0 Å². The van der Waals surface area contributed by atoms with Crippen LogP contribution in [0.25, 0.3) is 0 Å². The third-order valence-electron chi connectivity index (χ3n) is 6.37. The number of hydrogen-bond donors (Lipinski definition) is 0. The molecule has 0 bridgehead atoms. The van der Waals surface area contributed by atoms with E-state index in [9.17, 15) is 4.79 Å². The van der Waals surface area contributed by atoms with Crippen LogP contribution in [0.4, 0.5) is 0 Å². The molecule has 28 heavy (non-hydrogen) atoms. The molecule has 0 atom stereocenters. The SMILES string of the molecule is Cc1ccc2c(c1CC1CCCCC1)O/C(=C\C1=NCc3ccccc31)C2=O. The number of carbonyl (C=O) groups is 1. The fourth-order valence-corrected chi connectivity index (χ4v) is 4.75. The molecule has 3 nitrogen and oxygen atoms in total. The van der Waals surface area contributed by atoms with Gasteiger partial charge in [0.25, 0.3) is 0 Å². The smallest absolute Gasteiger partial charge is 0.232 e. The molecule has 2 aliphatic heterocycles. The van der Waals surface area contributed by atoms with Gasteiger partial charge in [-0.05, 0) is 42.0 Å². The predicted molar refractivity (Wildman–Crippen MR) is 111 cm³/mol. The Morgan fingerprint density at radius 2 is 1.89 bits per heavy atom. The van der Waals surface area contributed by atoms with Crippen molar-refractivity contribution in [3.05, 3.63) is 76.1 Å². The fraction of sp³-hybridized carbons (Fsp3) is 0.360. The Morgan fingerprint density at radius 3 is 2.75 bits per heavy atom. The Balaban J connectivity index is 1.46. The number of carbonyl (C=O) groups excluding carboxylic acids is 1. The number of Topliss-reactive ketones (excluding diaryl/α,β-unsaturated/α-hetero) is 1. The molecule has 0 spiro atoms. The van der Waals surface area contributed by atoms with Crippen molar-refractivity contribution >= 4 is 11.5 Å². The van der Waals surface area contributed by atoms with E-state index in [0.29, 0.717) is 23.8 Å². The highest BCUT2D eigenvalue weighted by Crippen LogP contribution is 2.39. The van der Waals surface area contributed by atoms with Crippen molar-refractivity contribution in [3.8, 4) is 5.75 Å². The lowest BCUT2D eigenvalue weighted by atomic mass is 9.83. The Kier molecular flexibility index (Phi) is 4.38. The van der Waals surface area contributed by atoms with Crippen LogP contribution in [-0.2, 0) is 13.0 Å². The van der Waals surface area contributed by atoms with Crippen LogP contribution in [-0.4, -0.2) is 11.5 Å². The molecule has 0 radical (unpaired) electrons. The minimum absolute atomic E-state index is 0.0213. The number of rotatable bonds is 3. The van der Waals surface area contributed by atoms with E-state index >= 15 is 0 Å². The molecule has 0 aromatic heterocycles. The van der Waals surface area contributed by atoms with Gasteiger partial charge in [0, 0.05) is 11.6 Å². The minimum atomic E-state index is -0.0213. The van der Waals surface area contributed by atoms with Crippen molar-refractivity contribution in [2.24, 2.45) is 10.9 Å². The highest BCUT2D eigenvalue weighted by Gasteiger charge is 2.32. The molecule has 1 aliphatic carbocycles. The van der Waals surface area contributed by atoms with Crippen LogP contribution in [0.15, 0.2) is 53.2 Å². The molecule has 1 fully saturated rings. The highest BCUT2D eigenvalue weighted by atomic mass is 16.5. The normalized spacial score (nSPS) is 20.1. The first-order valence-electron chi connectivity index (χ1n) is 10.4. The average Bonchev–Trinajstić information content (AvgIpc) is 3.27. The number of hydrogen-bond acceptors (Lipinski definition) is 3. The fourth-order valence-electron chi connectivity index (χ4n) is 4.75. The van der Waals surface area contributed by atoms with Crippen LogP contribution >= 0.6 is 0 Å². The maximum atomic E-state index is 13.0. The van der Waals surface area contributed by atoms with Gasteiger partial charge in [0.2, 0.25) is 5.78 Å². The zero-order valence-electron chi connectivity index (χ0n) is 16.3. The van der Waals surface area contributed by atoms with E-state index in [1.165, 1.54) is 48.8 Å². The summed E-state index contributed by atoms with van der Waals surface area (Å²) in [5.74, 6) is 1.87. The molecule has 0 N–H and O–H groups in total. The number of ether oxygens (including phenoxy) is 1. The minimum Gasteiger partial charge on any atom is -0.452 e. The van der Waals surface area contributed by atoms with Gasteiger partial charge in [0.1, 0.15) is 5.75 Å². The molecule has 5 rings (SSSR count). The number of nitrogens with zero attached hydrogens (tertiary/aromatic N) is 1. The number of benzene rings is 2. The van der Waals surface area contributed by atoms with E-state index in [0.717, 1.165) is 23.4 Å². The summed E-state index contributed by atoms with van der Waals surface area (Å²) in [5.41, 5.74) is 6.29. The van der Waals surface area contributed by atoms with Crippen molar-refractivity contribution in [3.63, 3.8) is 0 Å². The van der Waals surface area contributed by atoms with Crippen LogP contribution in [0.2, 0.25) is 0 Å². The van der Waals surface area contributed by atoms with Gasteiger partial charge >= 0.3 is 0 Å². The summed E-state index contributed by atoms with van der Waals surface area (Å²) in [5, 5.41) is 0. The number of allylic oxidation sites excluding steroid dienone is 2. The van der Waals surface area contributed by atoms with Crippen molar-refractivity contribution in [1.29, 1.82) is 0 Å². The lowest BCUT2D eigenvalue weighted by molar-refractivity contribution is 0.101. The number of fused-ring (bicyclic) bond motifs is 2. The van der Waals surface area contributed by atoms with Gasteiger partial charge in [-0.15, -0.1) is 0 Å². The van der Waals surface area contributed by atoms with E-state index in [1.54, 1.807) is 0 Å². The van der Waals surface area contributed by atoms with Crippen molar-refractivity contribution in [2.75, 3.05) is 0 Å². The Labute approximate surface area is 166 Å². The zero-order valence-corrected chi connectivity index (χ0v) is 16.3. The van der Waals surface area contributed by atoms with Crippen LogP contribution in [0.5, 0.6) is 5.75 Å². The third kappa shape index (κ3) is 2.99. The van der Waals surface area contributed by atoms with Gasteiger partial charge < -0.3 is 4.74 Å². The van der Waals surface area contributed by atoms with Crippen LogP contribution in [0.1, 0.15) is 64.7 Å². The van der Waals surface area contributed by atoms with E-state index in [-0.39, 0.29) is 5.78 Å². The van der Waals surface area contributed by atoms with E-state index in [2.05, 4.69) is 30.1 Å². The van der Waals surface area contributed by atoms with E-state index < -0.39 is 0 Å². The molecule has 2 heterocycles. The summed E-state index contributed by atoms with van der Waals surface area (Å²) in [7, 11) is 0. The van der Waals surface area contributed by atoms with E-state index in [4.69, 9.17) is 4.74 Å². The second-order valence-electron chi connectivity index (χ2n) is 8.24. The maximum Gasteiger partial charge on any atom is 0.232 e. The van der Waals surface area contributed by atoms with Crippen molar-refractivity contribution in [2.45, 2.75) is 52.0 Å². The number of aliphatic imine (C=N–C) groups is 1. The molecule has 0 amide bonds. The molecular formula is C25H25NO2. The molecule has 2 aromatic carbocycles. The topological polar surface area (TPSA) is 38.7 Å². The molecule has 0 unspecified atom stereocenters. The maximum absolute atomic E-state index is 13.0. The van der Waals surface area contributed by atoms with Crippen molar-refractivity contribution < 1.29 is 9.53 Å². The summed E-state index contributed by atoms with van der Waals surface area (Å²) in [4.78, 5) is 17.6. The summed E-state index contributed by atoms with van der Waals surface area (Å²) in [6.07, 6.45) is 9.41. The zero-order chi connectivity index (χ0) is 19.1. The van der Waals surface area contributed by atoms with Gasteiger partial charge in [0.05, 0.1) is 17.8 Å². The predicted octanol–water partition coefficient (Wildman–Crippen LogP) is 5.58. The lowest BCUT2D eigenvalue weighted by Gasteiger charge is -2.23. The molecule has 3 aliphatic rings. The van der Waals surface area contributed by atoms with Gasteiger partial charge in [-0.25, -0.2) is 0 Å². The molecular weight excluding hydrogens is 346 g/mol. The van der Waals surface area contributed by atoms with Gasteiger partial charge in [-0.1, -0.05) is 62.4 Å². The molecule has 1 saturated carbocycles. The second kappa shape index (κ2) is 7.05. The highest BCUT2D eigenvalue weighted by molar-refractivity contribution is 6.19. The van der Waals surface area contributed by atoms with Crippen LogP contribution in [0, 0.1) is 12.8 Å². The molecule has 2 aromatic rings. The summed E-state index contributed by atoms with van der Waals surface area (Å²) >= 11 is 0. The lowest BCUT2D eigenvalue weighted by Crippen LogP contribution is -2.10. The first kappa shape index (κ1) is 17.4. The van der Waals surface area contributed by atoms with Gasteiger partial charge in [-0.3, -0.25) is 9.79 Å². The summed E-state index contributed by atoms with van der Waals surface area (Å²) in [6, 6.07) is 12.2. The standard InChI is InChI=1S/C25H25NO2/c1-16-11-12-20-24(27)23(14-22-19-10-6-5-9-18(19)15-26-22)28-25(20)21(16)13-17-7-3-2-4-8-17/h5-6,9-12,14,17H,2-4,7-8,13,15H2,1H3/b23-14-. The van der Waals surface area contributed by atoms with E-state index in [1.807, 2.05) is 24.3 Å². The van der Waals surface area contributed by atoms with Crippen LogP contribution in [0.3, 0.4) is 0 Å². The number of ketones is 1. The Hall–Kier alpha value is -2.68. The largest absolute Gasteiger partial charge is 0.452 e. The van der Waals surface area contributed by atoms with Crippen molar-refractivity contribution in [1.82, 2.24) is 0 Å². The second-order valence-corrected chi connectivity index (χ2v) is 8.24. The molecule has 3 heteroatoms. The summed E-state index contributed by atoms with van der Waals surface area (Å²) < 4.78 is 6.18. The Morgan fingerprint density at radius 1 is 1.07 bits per heavy atom. The molecule has 0 saturated heterocycles. The third-order valence-corrected chi connectivity index (χ3v) is 6.37. The quantitative estimate of drug-likeness (QED) is 0.661. The number of aryl methyl sites for hydroxylation is 1. The molecule has 142 valence electrons. The average molecular weight is 371 g/mol. The first-order valence-corrected chi connectivity index (χ1v) is 10.4. The summed E-state index contributed by atoms with van der Waals surface area (Å²) in [6.45, 7) is 2.80. The van der Waals surface area contributed by atoms with Gasteiger partial charge in [0.15, 0.2) is 5.76 Å².